The van der Waals surface area contributed by atoms with Crippen LogP contribution < -0.4 is 5.32 Å². The van der Waals surface area contributed by atoms with Gasteiger partial charge in [-0.05, 0) is 12.8 Å². The van der Waals surface area contributed by atoms with Crippen molar-refractivity contribution in [1.82, 2.24) is 10.3 Å². The Bertz CT molecular complexity index is 374. The zero-order chi connectivity index (χ0) is 11.1. The van der Waals surface area contributed by atoms with Crippen LogP contribution in [-0.2, 0) is 5.41 Å². The number of aromatic nitrogens is 1. The van der Waals surface area contributed by atoms with Crippen molar-refractivity contribution in [3.05, 3.63) is 16.1 Å². The van der Waals surface area contributed by atoms with Gasteiger partial charge in [0.25, 0.3) is 5.91 Å². The van der Waals surface area contributed by atoms with Crippen molar-refractivity contribution in [2.75, 3.05) is 0 Å². The van der Waals surface area contributed by atoms with Crippen molar-refractivity contribution in [3.63, 3.8) is 0 Å². The Morgan fingerprint density at radius 2 is 2.20 bits per heavy atom. The van der Waals surface area contributed by atoms with E-state index in [1.165, 1.54) is 11.3 Å². The summed E-state index contributed by atoms with van der Waals surface area (Å²) in [4.78, 5) is 16.7. The van der Waals surface area contributed by atoms with Crippen LogP contribution in [0.1, 0.15) is 48.3 Å². The zero-order valence-corrected chi connectivity index (χ0v) is 10.1. The number of carbonyl (C=O) groups is 1. The molecule has 1 fully saturated rings. The largest absolute Gasteiger partial charge is 0.349 e. The Morgan fingerprint density at radius 1 is 1.53 bits per heavy atom. The Labute approximate surface area is 93.9 Å². The van der Waals surface area contributed by atoms with Gasteiger partial charge >= 0.3 is 0 Å². The lowest BCUT2D eigenvalue weighted by Crippen LogP contribution is -2.24. The van der Waals surface area contributed by atoms with Crippen LogP contribution in [0.2, 0.25) is 0 Å². The third-order valence-corrected chi connectivity index (χ3v) is 3.71. The molecule has 0 bridgehead atoms. The fourth-order valence-corrected chi connectivity index (χ4v) is 2.09. The Morgan fingerprint density at radius 3 is 2.67 bits per heavy atom. The smallest absolute Gasteiger partial charge is 0.263 e. The van der Waals surface area contributed by atoms with Crippen molar-refractivity contribution < 1.29 is 4.79 Å². The average molecular weight is 224 g/mol. The first-order chi connectivity index (χ1) is 6.97. The highest BCUT2D eigenvalue weighted by atomic mass is 32.1. The minimum Gasteiger partial charge on any atom is -0.349 e. The highest BCUT2D eigenvalue weighted by Gasteiger charge is 2.26. The minimum absolute atomic E-state index is 0.0305. The number of nitrogens with one attached hydrogen (secondary N) is 1. The van der Waals surface area contributed by atoms with Crippen molar-refractivity contribution in [2.45, 2.75) is 45.1 Å². The van der Waals surface area contributed by atoms with Crippen LogP contribution in [-0.4, -0.2) is 16.9 Å². The third kappa shape index (κ3) is 2.56. The molecule has 2 rings (SSSR count). The van der Waals surface area contributed by atoms with Gasteiger partial charge in [-0.1, -0.05) is 20.8 Å². The molecule has 1 amide bonds. The molecule has 1 heterocycles. The first-order valence-corrected chi connectivity index (χ1v) is 6.05. The normalized spacial score (nSPS) is 16.5. The number of carbonyl (C=O) groups excluding carboxylic acids is 1. The van der Waals surface area contributed by atoms with Crippen molar-refractivity contribution >= 4 is 17.2 Å². The van der Waals surface area contributed by atoms with Crippen LogP contribution in [0.15, 0.2) is 6.20 Å². The quantitative estimate of drug-likeness (QED) is 0.837. The Hall–Kier alpha value is -0.900. The summed E-state index contributed by atoms with van der Waals surface area (Å²) < 4.78 is 0. The number of amides is 1. The van der Waals surface area contributed by atoms with Crippen molar-refractivity contribution in [1.29, 1.82) is 0 Å². The maximum atomic E-state index is 11.7. The summed E-state index contributed by atoms with van der Waals surface area (Å²) in [6.45, 7) is 6.32. The molecule has 0 unspecified atom stereocenters. The molecular formula is C11H16N2OS. The first kappa shape index (κ1) is 10.6. The van der Waals surface area contributed by atoms with E-state index in [2.05, 4.69) is 31.1 Å². The monoisotopic (exact) mass is 224 g/mol. The number of hydrogen-bond acceptors (Lipinski definition) is 3. The fraction of sp³-hybridized carbons (Fsp3) is 0.636. The summed E-state index contributed by atoms with van der Waals surface area (Å²) in [6, 6.07) is 0.415. The second-order valence-corrected chi connectivity index (χ2v) is 6.06. The Balaban J connectivity index is 2.08. The highest BCUT2D eigenvalue weighted by molar-refractivity contribution is 7.13. The number of thiazole rings is 1. The molecule has 0 aromatic carbocycles. The van der Waals surface area contributed by atoms with Gasteiger partial charge < -0.3 is 5.32 Å². The lowest BCUT2D eigenvalue weighted by molar-refractivity contribution is 0.0955. The molecule has 0 atom stereocenters. The summed E-state index contributed by atoms with van der Waals surface area (Å²) in [5, 5.41) is 3.98. The molecule has 0 radical (unpaired) electrons. The molecule has 1 N–H and O–H groups in total. The summed E-state index contributed by atoms with van der Waals surface area (Å²) in [6.07, 6.45) is 3.93. The van der Waals surface area contributed by atoms with Crippen LogP contribution in [0.25, 0.3) is 0 Å². The van der Waals surface area contributed by atoms with E-state index in [-0.39, 0.29) is 11.3 Å². The van der Waals surface area contributed by atoms with Crippen LogP contribution in [0.3, 0.4) is 0 Å². The molecule has 4 heteroatoms. The molecule has 0 spiro atoms. The molecule has 1 aromatic heterocycles. The molecule has 1 aromatic rings. The van der Waals surface area contributed by atoms with E-state index in [1.54, 1.807) is 6.20 Å². The van der Waals surface area contributed by atoms with E-state index in [1.807, 2.05) is 0 Å². The standard InChI is InChI=1S/C11H16N2OS/c1-11(2,3)10-12-6-8(15-10)9(14)13-7-4-5-7/h6-7H,4-5H2,1-3H3,(H,13,14). The molecule has 15 heavy (non-hydrogen) atoms. The predicted molar refractivity (Wildman–Crippen MR) is 61.3 cm³/mol. The molecule has 1 saturated carbocycles. The van der Waals surface area contributed by atoms with Gasteiger partial charge in [-0.2, -0.15) is 0 Å². The van der Waals surface area contributed by atoms with E-state index in [9.17, 15) is 4.79 Å². The summed E-state index contributed by atoms with van der Waals surface area (Å²) in [5.74, 6) is 0.0329. The third-order valence-electron chi connectivity index (χ3n) is 2.28. The highest BCUT2D eigenvalue weighted by Crippen LogP contribution is 2.27. The van der Waals surface area contributed by atoms with E-state index in [4.69, 9.17) is 0 Å². The van der Waals surface area contributed by atoms with Gasteiger partial charge in [0, 0.05) is 11.5 Å². The predicted octanol–water partition coefficient (Wildman–Crippen LogP) is 2.33. The van der Waals surface area contributed by atoms with Crippen molar-refractivity contribution in [3.8, 4) is 0 Å². The number of rotatable bonds is 2. The first-order valence-electron chi connectivity index (χ1n) is 5.24. The maximum absolute atomic E-state index is 11.7. The second kappa shape index (κ2) is 3.59. The van der Waals surface area contributed by atoms with Crippen LogP contribution >= 0.6 is 11.3 Å². The topological polar surface area (TPSA) is 42.0 Å². The van der Waals surface area contributed by atoms with Crippen LogP contribution in [0.5, 0.6) is 0 Å². The fourth-order valence-electron chi connectivity index (χ4n) is 1.21. The van der Waals surface area contributed by atoms with E-state index < -0.39 is 0 Å². The van der Waals surface area contributed by atoms with Gasteiger partial charge in [-0.25, -0.2) is 4.98 Å². The van der Waals surface area contributed by atoms with Crippen LogP contribution in [0.4, 0.5) is 0 Å². The van der Waals surface area contributed by atoms with E-state index >= 15 is 0 Å². The van der Waals surface area contributed by atoms with Gasteiger partial charge in [0.1, 0.15) is 4.88 Å². The van der Waals surface area contributed by atoms with Crippen molar-refractivity contribution in [2.24, 2.45) is 0 Å². The average Bonchev–Trinajstić information content (AvgIpc) is 2.80. The van der Waals surface area contributed by atoms with Crippen LogP contribution in [0, 0.1) is 0 Å². The molecule has 82 valence electrons. The second-order valence-electron chi connectivity index (χ2n) is 5.03. The maximum Gasteiger partial charge on any atom is 0.263 e. The molecular weight excluding hydrogens is 208 g/mol. The molecule has 0 aliphatic heterocycles. The van der Waals surface area contributed by atoms with Gasteiger partial charge in [0.05, 0.1) is 11.2 Å². The lowest BCUT2D eigenvalue weighted by atomic mass is 9.98. The lowest BCUT2D eigenvalue weighted by Gasteiger charge is -2.13. The van der Waals surface area contributed by atoms with E-state index in [0.717, 1.165) is 22.7 Å². The SMILES string of the molecule is CC(C)(C)c1ncc(C(=O)NC2CC2)s1. The molecule has 3 nitrogen and oxygen atoms in total. The molecule has 1 aliphatic carbocycles. The van der Waals surface area contributed by atoms with Gasteiger partial charge in [-0.15, -0.1) is 11.3 Å². The number of hydrogen-bond donors (Lipinski definition) is 1. The van der Waals surface area contributed by atoms with Gasteiger partial charge in [0.15, 0.2) is 0 Å². The Kier molecular flexibility index (Phi) is 2.54. The summed E-state index contributed by atoms with van der Waals surface area (Å²) in [5.41, 5.74) is 0.0305. The summed E-state index contributed by atoms with van der Waals surface area (Å²) >= 11 is 1.49. The molecule has 0 saturated heterocycles. The number of nitrogens with zero attached hydrogens (tertiary/aromatic N) is 1. The van der Waals surface area contributed by atoms with E-state index in [0.29, 0.717) is 6.04 Å². The summed E-state index contributed by atoms with van der Waals surface area (Å²) in [7, 11) is 0. The minimum atomic E-state index is 0.0305. The van der Waals surface area contributed by atoms with Gasteiger partial charge in [-0.3, -0.25) is 4.79 Å². The van der Waals surface area contributed by atoms with Gasteiger partial charge in [0.2, 0.25) is 0 Å². The zero-order valence-electron chi connectivity index (χ0n) is 9.33. The molecule has 1 aliphatic rings.